The molecule has 0 saturated heterocycles. The van der Waals surface area contributed by atoms with Gasteiger partial charge in [0, 0.05) is 0 Å². The predicted molar refractivity (Wildman–Crippen MR) is 52.6 cm³/mol. The van der Waals surface area contributed by atoms with Crippen molar-refractivity contribution in [2.75, 3.05) is 0 Å². The summed E-state index contributed by atoms with van der Waals surface area (Å²) in [6.45, 7) is 6.66. The van der Waals surface area contributed by atoms with E-state index in [0.717, 1.165) is 12.3 Å². The average molecular weight is 190 g/mol. The quantitative estimate of drug-likeness (QED) is 0.439. The van der Waals surface area contributed by atoms with Crippen molar-refractivity contribution in [3.05, 3.63) is 0 Å². The number of hydrogen-bond donors (Lipinski definition) is 3. The summed E-state index contributed by atoms with van der Waals surface area (Å²) in [7, 11) is 0. The van der Waals surface area contributed by atoms with Crippen LogP contribution in [-0.4, -0.2) is 21.7 Å². The van der Waals surface area contributed by atoms with E-state index in [1.54, 1.807) is 0 Å². The maximum atomic E-state index is 9.71. The molecule has 0 heterocycles. The third kappa shape index (κ3) is 4.07. The maximum absolute atomic E-state index is 9.71. The Labute approximate surface area is 80.3 Å². The van der Waals surface area contributed by atoms with Gasteiger partial charge in [-0.1, -0.05) is 27.2 Å². The van der Waals surface area contributed by atoms with Crippen LogP contribution in [0.1, 0.15) is 40.0 Å². The van der Waals surface area contributed by atoms with E-state index in [2.05, 4.69) is 20.8 Å². The molecule has 0 aromatic carbocycles. The zero-order chi connectivity index (χ0) is 10.4. The first-order valence-corrected chi connectivity index (χ1v) is 4.99. The van der Waals surface area contributed by atoms with Gasteiger partial charge in [-0.15, -0.1) is 0 Å². The van der Waals surface area contributed by atoms with Crippen LogP contribution < -0.4 is 0 Å². The van der Waals surface area contributed by atoms with Gasteiger partial charge in [0.1, 0.15) is 0 Å². The van der Waals surface area contributed by atoms with Crippen molar-refractivity contribution in [1.82, 2.24) is 0 Å². The number of hydrogen-bond acceptors (Lipinski definition) is 3. The van der Waals surface area contributed by atoms with Crippen LogP contribution in [0.3, 0.4) is 0 Å². The SMILES string of the molecule is CC1CCC(C(C)C)C(O)C1.OO. The van der Waals surface area contributed by atoms with Crippen LogP contribution in [0.4, 0.5) is 0 Å². The summed E-state index contributed by atoms with van der Waals surface area (Å²) in [5.41, 5.74) is 0. The van der Waals surface area contributed by atoms with Crippen molar-refractivity contribution in [2.45, 2.75) is 46.1 Å². The molecule has 80 valence electrons. The minimum absolute atomic E-state index is 0.0289. The van der Waals surface area contributed by atoms with Crippen LogP contribution in [0.15, 0.2) is 0 Å². The summed E-state index contributed by atoms with van der Waals surface area (Å²) in [6.07, 6.45) is 3.52. The first-order chi connectivity index (χ1) is 6.11. The highest BCUT2D eigenvalue weighted by Crippen LogP contribution is 2.33. The largest absolute Gasteiger partial charge is 0.393 e. The molecular formula is C10H22O3. The van der Waals surface area contributed by atoms with Gasteiger partial charge in [-0.3, -0.25) is 10.5 Å². The highest BCUT2D eigenvalue weighted by molar-refractivity contribution is 4.79. The Morgan fingerprint density at radius 3 is 2.08 bits per heavy atom. The van der Waals surface area contributed by atoms with Crippen LogP contribution in [0.25, 0.3) is 0 Å². The second-order valence-electron chi connectivity index (χ2n) is 4.39. The van der Waals surface area contributed by atoms with Gasteiger partial charge >= 0.3 is 0 Å². The van der Waals surface area contributed by atoms with Gasteiger partial charge in [0.05, 0.1) is 6.10 Å². The fourth-order valence-corrected chi connectivity index (χ4v) is 2.15. The molecule has 0 spiro atoms. The summed E-state index contributed by atoms with van der Waals surface area (Å²) in [6, 6.07) is 0. The standard InChI is InChI=1S/C10H20O.H2O2/c1-7(2)9-5-4-8(3)6-10(9)11;1-2/h7-11H,4-6H2,1-3H3;1-2H. The fourth-order valence-electron chi connectivity index (χ4n) is 2.15. The Hall–Kier alpha value is -0.120. The van der Waals surface area contributed by atoms with Crippen LogP contribution in [0.2, 0.25) is 0 Å². The van der Waals surface area contributed by atoms with Crippen molar-refractivity contribution in [3.63, 3.8) is 0 Å². The first-order valence-electron chi connectivity index (χ1n) is 4.99. The molecule has 1 aliphatic carbocycles. The van der Waals surface area contributed by atoms with Crippen LogP contribution in [0.5, 0.6) is 0 Å². The lowest BCUT2D eigenvalue weighted by atomic mass is 9.75. The van der Waals surface area contributed by atoms with Crippen molar-refractivity contribution in [3.8, 4) is 0 Å². The highest BCUT2D eigenvalue weighted by Gasteiger charge is 2.28. The number of aliphatic hydroxyl groups excluding tert-OH is 1. The van der Waals surface area contributed by atoms with E-state index in [1.807, 2.05) is 0 Å². The molecule has 0 bridgehead atoms. The Bertz CT molecular complexity index is 125. The van der Waals surface area contributed by atoms with Gasteiger partial charge in [-0.25, -0.2) is 0 Å². The third-order valence-corrected chi connectivity index (χ3v) is 2.99. The summed E-state index contributed by atoms with van der Waals surface area (Å²) < 4.78 is 0. The van der Waals surface area contributed by atoms with Gasteiger partial charge in [0.15, 0.2) is 0 Å². The zero-order valence-electron chi connectivity index (χ0n) is 8.77. The highest BCUT2D eigenvalue weighted by atomic mass is 17.0. The van der Waals surface area contributed by atoms with Crippen molar-refractivity contribution >= 4 is 0 Å². The summed E-state index contributed by atoms with van der Waals surface area (Å²) >= 11 is 0. The molecule has 1 rings (SSSR count). The Morgan fingerprint density at radius 2 is 1.69 bits per heavy atom. The lowest BCUT2D eigenvalue weighted by molar-refractivity contribution is -0.176. The first kappa shape index (κ1) is 12.9. The summed E-state index contributed by atoms with van der Waals surface area (Å²) in [4.78, 5) is 0. The molecule has 1 fully saturated rings. The lowest BCUT2D eigenvalue weighted by Crippen LogP contribution is -2.31. The second kappa shape index (κ2) is 6.35. The van der Waals surface area contributed by atoms with Gasteiger partial charge in [0.2, 0.25) is 0 Å². The molecule has 3 nitrogen and oxygen atoms in total. The van der Waals surface area contributed by atoms with E-state index in [-0.39, 0.29) is 6.10 Å². The zero-order valence-corrected chi connectivity index (χ0v) is 8.77. The summed E-state index contributed by atoms with van der Waals surface area (Å²) in [5.74, 6) is 1.95. The van der Waals surface area contributed by atoms with E-state index < -0.39 is 0 Å². The monoisotopic (exact) mass is 190 g/mol. The summed E-state index contributed by atoms with van der Waals surface area (Å²) in [5, 5.41) is 21.7. The molecule has 3 atom stereocenters. The predicted octanol–water partition coefficient (Wildman–Crippen LogP) is 2.46. The molecule has 3 N–H and O–H groups in total. The molecule has 0 aromatic heterocycles. The van der Waals surface area contributed by atoms with E-state index in [4.69, 9.17) is 10.5 Å². The normalized spacial score (nSPS) is 33.9. The lowest BCUT2D eigenvalue weighted by Gasteiger charge is -2.33. The molecule has 0 amide bonds. The Balaban J connectivity index is 0.000000671. The molecule has 3 heteroatoms. The van der Waals surface area contributed by atoms with E-state index in [9.17, 15) is 5.11 Å². The molecule has 1 aliphatic rings. The maximum Gasteiger partial charge on any atom is 0.0573 e. The van der Waals surface area contributed by atoms with E-state index in [0.29, 0.717) is 11.8 Å². The van der Waals surface area contributed by atoms with Gasteiger partial charge in [-0.05, 0) is 30.6 Å². The van der Waals surface area contributed by atoms with Crippen molar-refractivity contribution < 1.29 is 15.6 Å². The Morgan fingerprint density at radius 1 is 1.15 bits per heavy atom. The van der Waals surface area contributed by atoms with Crippen LogP contribution in [0, 0.1) is 17.8 Å². The van der Waals surface area contributed by atoms with Crippen LogP contribution >= 0.6 is 0 Å². The average Bonchev–Trinajstić information content (AvgIpc) is 2.07. The minimum Gasteiger partial charge on any atom is -0.393 e. The number of rotatable bonds is 1. The molecule has 0 radical (unpaired) electrons. The molecule has 3 unspecified atom stereocenters. The third-order valence-electron chi connectivity index (χ3n) is 2.99. The molecule has 1 saturated carbocycles. The molecule has 13 heavy (non-hydrogen) atoms. The molecular weight excluding hydrogens is 168 g/mol. The number of aliphatic hydroxyl groups is 1. The smallest absolute Gasteiger partial charge is 0.0573 e. The van der Waals surface area contributed by atoms with Crippen LogP contribution in [-0.2, 0) is 0 Å². The van der Waals surface area contributed by atoms with Gasteiger partial charge in [-0.2, -0.15) is 0 Å². The second-order valence-corrected chi connectivity index (χ2v) is 4.39. The molecule has 0 aliphatic heterocycles. The van der Waals surface area contributed by atoms with Crippen molar-refractivity contribution in [2.24, 2.45) is 17.8 Å². The van der Waals surface area contributed by atoms with Gasteiger partial charge < -0.3 is 5.11 Å². The topological polar surface area (TPSA) is 60.7 Å². The fraction of sp³-hybridized carbons (Fsp3) is 1.00. The molecule has 0 aromatic rings. The van der Waals surface area contributed by atoms with Gasteiger partial charge in [0.25, 0.3) is 0 Å². The van der Waals surface area contributed by atoms with Crippen molar-refractivity contribution in [1.29, 1.82) is 0 Å². The Kier molecular flexibility index (Phi) is 6.29. The van der Waals surface area contributed by atoms with E-state index >= 15 is 0 Å². The van der Waals surface area contributed by atoms with E-state index in [1.165, 1.54) is 12.8 Å². The minimum atomic E-state index is -0.0289.